The molecule has 0 aromatic carbocycles. The van der Waals surface area contributed by atoms with Crippen LogP contribution in [0, 0.1) is 0 Å². The van der Waals surface area contributed by atoms with E-state index in [1.807, 2.05) is 0 Å². The van der Waals surface area contributed by atoms with Gasteiger partial charge in [-0.05, 0) is 0 Å². The van der Waals surface area contributed by atoms with E-state index in [-0.39, 0.29) is 0 Å². The van der Waals surface area contributed by atoms with Crippen LogP contribution in [-0.4, -0.2) is 32.1 Å². The van der Waals surface area contributed by atoms with E-state index in [0.29, 0.717) is 0 Å². The van der Waals surface area contributed by atoms with Crippen molar-refractivity contribution in [3.63, 3.8) is 0 Å². The summed E-state index contributed by atoms with van der Waals surface area (Å²) in [5.41, 5.74) is -1.10. The van der Waals surface area contributed by atoms with E-state index in [1.165, 1.54) is 0 Å². The molecule has 0 unspecified atom stereocenters. The third kappa shape index (κ3) is 9.88. The van der Waals surface area contributed by atoms with Crippen molar-refractivity contribution in [1.82, 2.24) is 9.97 Å². The molecule has 0 atom stereocenters. The molecule has 0 aliphatic carbocycles. The Balaban J connectivity index is 0.000000411. The minimum absolute atomic E-state index is 0.551. The van der Waals surface area contributed by atoms with Gasteiger partial charge in [0.25, 0.3) is 0 Å². The molecular formula is C6H4Cl5N2O4P. The molecule has 0 fully saturated rings. The Hall–Kier alpha value is -0.1000. The smallest absolute Gasteiger partial charge is 0.357 e. The van der Waals surface area contributed by atoms with E-state index in [1.54, 1.807) is 0 Å². The molecule has 0 bridgehead atoms. The van der Waals surface area contributed by atoms with E-state index >= 15 is 0 Å². The van der Waals surface area contributed by atoms with Crippen molar-refractivity contribution in [1.29, 1.82) is 0 Å². The van der Waals surface area contributed by atoms with Crippen LogP contribution in [0.25, 0.3) is 0 Å². The molecule has 0 saturated carbocycles. The largest absolute Gasteiger partial charge is 0.476 e. The van der Waals surface area contributed by atoms with Gasteiger partial charge in [-0.2, -0.15) is 0 Å². The fourth-order valence-electron chi connectivity index (χ4n) is 0.651. The first-order chi connectivity index (χ1) is 7.86. The van der Waals surface area contributed by atoms with Crippen molar-refractivity contribution < 1.29 is 19.8 Å². The number of halogens is 5. The summed E-state index contributed by atoms with van der Waals surface area (Å²) in [6, 6.07) is 0. The molecule has 102 valence electrons. The van der Waals surface area contributed by atoms with Crippen molar-refractivity contribution in [3.05, 3.63) is 23.8 Å². The summed E-state index contributed by atoms with van der Waals surface area (Å²) >= 11 is 24.9. The van der Waals surface area contributed by atoms with Gasteiger partial charge in [0.2, 0.25) is 0 Å². The molecule has 12 heteroatoms. The van der Waals surface area contributed by atoms with Gasteiger partial charge >= 0.3 is 71.5 Å². The Labute approximate surface area is 125 Å². The summed E-state index contributed by atoms with van der Waals surface area (Å²) in [6.45, 7) is 0. The number of carboxylic acids is 2. The zero-order chi connectivity index (χ0) is 14.6. The zero-order valence-electron chi connectivity index (χ0n) is 8.10. The number of hydrogen-bond acceptors (Lipinski definition) is 4. The third-order valence-electron chi connectivity index (χ3n) is 1.10. The van der Waals surface area contributed by atoms with Crippen LogP contribution in [0.15, 0.2) is 12.4 Å². The molecule has 0 aliphatic rings. The van der Waals surface area contributed by atoms with E-state index in [4.69, 9.17) is 66.4 Å². The van der Waals surface area contributed by atoms with E-state index in [2.05, 4.69) is 9.97 Å². The Morgan fingerprint density at radius 2 is 1.11 bits per heavy atom. The van der Waals surface area contributed by atoms with Gasteiger partial charge in [-0.3, -0.25) is 0 Å². The van der Waals surface area contributed by atoms with Crippen LogP contribution in [0.2, 0.25) is 0 Å². The van der Waals surface area contributed by atoms with Gasteiger partial charge in [-0.25, -0.2) is 19.6 Å². The van der Waals surface area contributed by atoms with Crippen molar-refractivity contribution in [2.24, 2.45) is 0 Å². The fourth-order valence-corrected chi connectivity index (χ4v) is 0.651. The van der Waals surface area contributed by atoms with Gasteiger partial charge < -0.3 is 10.2 Å². The van der Waals surface area contributed by atoms with E-state index in [0.717, 1.165) is 12.4 Å². The Bertz CT molecular complexity index is 425. The summed E-state index contributed by atoms with van der Waals surface area (Å²) in [4.78, 5) is 27.4. The monoisotopic (exact) mass is 374 g/mol. The van der Waals surface area contributed by atoms with Crippen LogP contribution in [0.5, 0.6) is 0 Å². The molecule has 0 spiro atoms. The molecule has 0 saturated heterocycles. The van der Waals surface area contributed by atoms with E-state index < -0.39 is 26.7 Å². The van der Waals surface area contributed by atoms with Gasteiger partial charge in [0.15, 0.2) is 11.4 Å². The zero-order valence-corrected chi connectivity index (χ0v) is 12.8. The van der Waals surface area contributed by atoms with Crippen LogP contribution in [-0.2, 0) is 0 Å². The molecule has 1 rings (SSSR count). The first-order valence-electron chi connectivity index (χ1n) is 3.75. The van der Waals surface area contributed by atoms with Crippen LogP contribution >= 0.6 is 59.6 Å². The normalized spacial score (nSPS) is 12.6. The summed E-state index contributed by atoms with van der Waals surface area (Å²) < 4.78 is -3.69. The van der Waals surface area contributed by atoms with Crippen LogP contribution in [0.1, 0.15) is 21.0 Å². The maximum absolute atomic E-state index is 10.4. The second-order valence-corrected chi connectivity index (χ2v) is 19.1. The number of hydrogen-bond donors (Lipinski definition) is 2. The minimum Gasteiger partial charge on any atom is -0.476 e. The predicted molar refractivity (Wildman–Crippen MR) is 72.1 cm³/mol. The van der Waals surface area contributed by atoms with Crippen LogP contribution in [0.3, 0.4) is 0 Å². The Morgan fingerprint density at radius 3 is 1.28 bits per heavy atom. The predicted octanol–water partition coefficient (Wildman–Crippen LogP) is 4.18. The average Bonchev–Trinajstić information content (AvgIpc) is 2.13. The Morgan fingerprint density at radius 1 is 0.889 bits per heavy atom. The number of carboxylic acid groups (broad SMARTS) is 2. The van der Waals surface area contributed by atoms with Crippen molar-refractivity contribution in [2.45, 2.75) is 0 Å². The molecule has 18 heavy (non-hydrogen) atoms. The molecule has 1 aromatic heterocycles. The van der Waals surface area contributed by atoms with Crippen molar-refractivity contribution in [2.75, 3.05) is 0 Å². The summed E-state index contributed by atoms with van der Waals surface area (Å²) in [5.74, 6) is -2.80. The molecule has 0 aliphatic heterocycles. The molecule has 1 heterocycles. The SMILES string of the molecule is ClP(Cl)(Cl)(Cl)Cl.O=C(O)c1nccnc1C(=O)O. The maximum atomic E-state index is 10.4. The van der Waals surface area contributed by atoms with Crippen molar-refractivity contribution >= 4 is 71.5 Å². The second-order valence-electron chi connectivity index (χ2n) is 2.50. The molecule has 0 radical (unpaired) electrons. The number of carbonyl (C=O) groups is 2. The third-order valence-corrected chi connectivity index (χ3v) is 1.10. The summed E-state index contributed by atoms with van der Waals surface area (Å²) in [7, 11) is 0. The summed E-state index contributed by atoms with van der Waals surface area (Å²) in [5, 5.41) is 16.9. The number of rotatable bonds is 2. The molecular weight excluding hydrogens is 372 g/mol. The van der Waals surface area contributed by atoms with Gasteiger partial charge in [0.05, 0.1) is 0 Å². The first-order valence-corrected chi connectivity index (χ1v) is 10.5. The minimum atomic E-state index is -3.69. The van der Waals surface area contributed by atoms with Crippen LogP contribution < -0.4 is 0 Å². The van der Waals surface area contributed by atoms with Gasteiger partial charge in [0.1, 0.15) is 0 Å². The average molecular weight is 376 g/mol. The standard InChI is InChI=1S/C6H4N2O4.Cl5P/c9-5(10)3-4(6(11)12)8-2-1-7-3;1-6(2,3,4)5/h1-2H,(H,9,10)(H,11,12);. The topological polar surface area (TPSA) is 100 Å². The summed E-state index contributed by atoms with van der Waals surface area (Å²) in [6.07, 6.45) is 2.24. The van der Waals surface area contributed by atoms with Gasteiger partial charge in [-0.1, -0.05) is 0 Å². The van der Waals surface area contributed by atoms with Gasteiger partial charge in [0, 0.05) is 12.4 Å². The van der Waals surface area contributed by atoms with Gasteiger partial charge in [-0.15, -0.1) is 0 Å². The molecule has 6 nitrogen and oxygen atoms in total. The molecule has 1 aromatic rings. The number of aromatic carboxylic acids is 2. The van der Waals surface area contributed by atoms with Crippen molar-refractivity contribution in [3.8, 4) is 0 Å². The number of nitrogens with zero attached hydrogens (tertiary/aromatic N) is 2. The maximum Gasteiger partial charge on any atom is 0.357 e. The quantitative estimate of drug-likeness (QED) is 0.751. The Kier molecular flexibility index (Phi) is 6.33. The molecule has 2 N–H and O–H groups in total. The number of aromatic nitrogens is 2. The first kappa shape index (κ1) is 17.9. The van der Waals surface area contributed by atoms with Crippen LogP contribution in [0.4, 0.5) is 0 Å². The fraction of sp³-hybridized carbons (Fsp3) is 0. The second kappa shape index (κ2) is 6.37. The molecule has 0 amide bonds. The van der Waals surface area contributed by atoms with E-state index in [9.17, 15) is 9.59 Å².